The summed E-state index contributed by atoms with van der Waals surface area (Å²) in [7, 11) is 1.23. The Balaban J connectivity index is 3.31. The minimum absolute atomic E-state index is 0.331. The molecule has 9 heteroatoms. The standard InChI is InChI=1S/C24H37N3O6/c1-9-24(6,7)27(18(28)14-26-22(31)33-23(3,4)5)20(17-12-10-16(2)11-13-17)21(30)25-15-19(29)32-8/h10-13,20H,9,14-15H2,1-8H3,(H,25,30)(H,26,31). The number of carbonyl (C=O) groups is 4. The van der Waals surface area contributed by atoms with Crippen molar-refractivity contribution in [2.24, 2.45) is 0 Å². The van der Waals surface area contributed by atoms with E-state index in [-0.39, 0.29) is 13.1 Å². The van der Waals surface area contributed by atoms with Crippen molar-refractivity contribution < 1.29 is 28.7 Å². The van der Waals surface area contributed by atoms with Crippen LogP contribution in [0.3, 0.4) is 0 Å². The number of ether oxygens (including phenoxy) is 2. The number of nitrogens with zero attached hydrogens (tertiary/aromatic N) is 1. The van der Waals surface area contributed by atoms with Crippen molar-refractivity contribution in [3.05, 3.63) is 35.4 Å². The molecule has 0 aliphatic heterocycles. The quantitative estimate of drug-likeness (QED) is 0.545. The van der Waals surface area contributed by atoms with Gasteiger partial charge in [0.15, 0.2) is 0 Å². The van der Waals surface area contributed by atoms with Gasteiger partial charge in [-0.05, 0) is 53.5 Å². The van der Waals surface area contributed by atoms with Crippen molar-refractivity contribution in [2.75, 3.05) is 20.2 Å². The zero-order valence-electron chi connectivity index (χ0n) is 20.9. The molecule has 33 heavy (non-hydrogen) atoms. The maximum absolute atomic E-state index is 13.4. The third-order valence-electron chi connectivity index (χ3n) is 5.10. The summed E-state index contributed by atoms with van der Waals surface area (Å²) >= 11 is 0. The predicted molar refractivity (Wildman–Crippen MR) is 124 cm³/mol. The summed E-state index contributed by atoms with van der Waals surface area (Å²) < 4.78 is 9.82. The number of rotatable bonds is 9. The second-order valence-corrected chi connectivity index (χ2v) is 9.39. The summed E-state index contributed by atoms with van der Waals surface area (Å²) in [6.07, 6.45) is -0.190. The first-order valence-electron chi connectivity index (χ1n) is 10.9. The van der Waals surface area contributed by atoms with E-state index in [9.17, 15) is 19.2 Å². The SMILES string of the molecule is CCC(C)(C)N(C(=O)CNC(=O)OC(C)(C)C)C(C(=O)NCC(=O)OC)c1ccc(C)cc1. The molecular weight excluding hydrogens is 426 g/mol. The molecule has 3 amide bonds. The Bertz CT molecular complexity index is 843. The summed E-state index contributed by atoms with van der Waals surface area (Å²) in [6, 6.07) is 6.20. The van der Waals surface area contributed by atoms with Crippen molar-refractivity contribution in [2.45, 2.75) is 72.1 Å². The Kier molecular flexibility index (Phi) is 9.88. The number of nitrogens with one attached hydrogen (secondary N) is 2. The van der Waals surface area contributed by atoms with E-state index in [1.54, 1.807) is 32.9 Å². The van der Waals surface area contributed by atoms with E-state index >= 15 is 0 Å². The highest BCUT2D eigenvalue weighted by Gasteiger charge is 2.40. The maximum atomic E-state index is 13.4. The Morgan fingerprint density at radius 2 is 1.55 bits per heavy atom. The number of carbonyl (C=O) groups excluding carboxylic acids is 4. The molecule has 0 spiro atoms. The van der Waals surface area contributed by atoms with Crippen LogP contribution < -0.4 is 10.6 Å². The van der Waals surface area contributed by atoms with Crippen molar-refractivity contribution in [1.82, 2.24) is 15.5 Å². The van der Waals surface area contributed by atoms with Gasteiger partial charge in [0, 0.05) is 5.54 Å². The van der Waals surface area contributed by atoms with Crippen LogP contribution in [-0.4, -0.2) is 60.1 Å². The van der Waals surface area contributed by atoms with Crippen molar-refractivity contribution in [3.8, 4) is 0 Å². The maximum Gasteiger partial charge on any atom is 0.408 e. The molecule has 0 aliphatic rings. The van der Waals surface area contributed by atoms with Gasteiger partial charge < -0.3 is 25.0 Å². The number of alkyl carbamates (subject to hydrolysis) is 1. The Hall–Kier alpha value is -3.10. The highest BCUT2D eigenvalue weighted by atomic mass is 16.6. The van der Waals surface area contributed by atoms with Gasteiger partial charge in [-0.3, -0.25) is 14.4 Å². The summed E-state index contributed by atoms with van der Waals surface area (Å²) in [5, 5.41) is 5.03. The summed E-state index contributed by atoms with van der Waals surface area (Å²) in [5.74, 6) is -1.60. The van der Waals surface area contributed by atoms with Crippen LogP contribution >= 0.6 is 0 Å². The van der Waals surface area contributed by atoms with Gasteiger partial charge in [0.2, 0.25) is 11.8 Å². The molecule has 9 nitrogen and oxygen atoms in total. The number of hydrogen-bond donors (Lipinski definition) is 2. The largest absolute Gasteiger partial charge is 0.468 e. The first-order valence-corrected chi connectivity index (χ1v) is 10.9. The van der Waals surface area contributed by atoms with Crippen LogP contribution in [-0.2, 0) is 23.9 Å². The van der Waals surface area contributed by atoms with Crippen LogP contribution in [0.15, 0.2) is 24.3 Å². The van der Waals surface area contributed by atoms with Crippen molar-refractivity contribution in [3.63, 3.8) is 0 Å². The molecule has 0 bridgehead atoms. The van der Waals surface area contributed by atoms with Gasteiger partial charge in [0.25, 0.3) is 0 Å². The van der Waals surface area contributed by atoms with Gasteiger partial charge in [0.1, 0.15) is 24.7 Å². The third-order valence-corrected chi connectivity index (χ3v) is 5.10. The lowest BCUT2D eigenvalue weighted by atomic mass is 9.92. The number of methoxy groups -OCH3 is 1. The zero-order chi connectivity index (χ0) is 25.4. The van der Waals surface area contributed by atoms with E-state index in [0.29, 0.717) is 12.0 Å². The van der Waals surface area contributed by atoms with E-state index in [1.165, 1.54) is 12.0 Å². The van der Waals surface area contributed by atoms with Gasteiger partial charge in [0.05, 0.1) is 7.11 Å². The molecule has 0 saturated heterocycles. The number of amides is 3. The number of esters is 1. The second kappa shape index (κ2) is 11.7. The van der Waals surface area contributed by atoms with E-state index in [4.69, 9.17) is 4.74 Å². The van der Waals surface area contributed by atoms with Crippen LogP contribution in [0.5, 0.6) is 0 Å². The number of hydrogen-bond acceptors (Lipinski definition) is 6. The molecular formula is C24H37N3O6. The minimum Gasteiger partial charge on any atom is -0.468 e. The van der Waals surface area contributed by atoms with Gasteiger partial charge in [-0.25, -0.2) is 4.79 Å². The molecule has 0 fully saturated rings. The summed E-state index contributed by atoms with van der Waals surface area (Å²) in [6.45, 7) is 12.0. The summed E-state index contributed by atoms with van der Waals surface area (Å²) in [5.41, 5.74) is 0.111. The molecule has 1 atom stereocenters. The molecule has 0 radical (unpaired) electrons. The van der Waals surface area contributed by atoms with E-state index in [1.807, 2.05) is 39.8 Å². The molecule has 1 aromatic rings. The van der Waals surface area contributed by atoms with Crippen LogP contribution in [0.25, 0.3) is 0 Å². The Labute approximate surface area is 196 Å². The lowest BCUT2D eigenvalue weighted by Crippen LogP contribution is -2.56. The molecule has 0 saturated carbocycles. The van der Waals surface area contributed by atoms with Crippen LogP contribution in [0.4, 0.5) is 4.79 Å². The average molecular weight is 464 g/mol. The van der Waals surface area contributed by atoms with E-state index in [0.717, 1.165) is 5.56 Å². The smallest absolute Gasteiger partial charge is 0.408 e. The topological polar surface area (TPSA) is 114 Å². The van der Waals surface area contributed by atoms with Crippen molar-refractivity contribution in [1.29, 1.82) is 0 Å². The van der Waals surface area contributed by atoms with Gasteiger partial charge >= 0.3 is 12.1 Å². The second-order valence-electron chi connectivity index (χ2n) is 9.39. The van der Waals surface area contributed by atoms with Crippen LogP contribution in [0.1, 0.15) is 65.1 Å². The van der Waals surface area contributed by atoms with E-state index in [2.05, 4.69) is 15.4 Å². The van der Waals surface area contributed by atoms with Gasteiger partial charge in [-0.15, -0.1) is 0 Å². The van der Waals surface area contributed by atoms with Crippen molar-refractivity contribution >= 4 is 23.9 Å². The zero-order valence-corrected chi connectivity index (χ0v) is 20.9. The van der Waals surface area contributed by atoms with Crippen LogP contribution in [0.2, 0.25) is 0 Å². The molecule has 184 valence electrons. The molecule has 0 heterocycles. The minimum atomic E-state index is -1.03. The lowest BCUT2D eigenvalue weighted by molar-refractivity contribution is -0.148. The third kappa shape index (κ3) is 8.75. The Morgan fingerprint density at radius 3 is 2.03 bits per heavy atom. The van der Waals surface area contributed by atoms with Crippen LogP contribution in [0, 0.1) is 6.92 Å². The Morgan fingerprint density at radius 1 is 0.970 bits per heavy atom. The fourth-order valence-electron chi connectivity index (χ4n) is 3.04. The normalized spacial score (nSPS) is 12.4. The highest BCUT2D eigenvalue weighted by molar-refractivity contribution is 5.92. The molecule has 1 unspecified atom stereocenters. The fourth-order valence-corrected chi connectivity index (χ4v) is 3.04. The fraction of sp³-hybridized carbons (Fsp3) is 0.583. The molecule has 0 aromatic heterocycles. The summed E-state index contributed by atoms with van der Waals surface area (Å²) in [4.78, 5) is 51.8. The number of benzene rings is 1. The van der Waals surface area contributed by atoms with Gasteiger partial charge in [-0.2, -0.15) is 0 Å². The molecule has 1 aromatic carbocycles. The molecule has 0 aliphatic carbocycles. The van der Waals surface area contributed by atoms with Gasteiger partial charge in [-0.1, -0.05) is 36.8 Å². The molecule has 2 N–H and O–H groups in total. The first-order chi connectivity index (χ1) is 15.2. The number of aryl methyl sites for hydroxylation is 1. The highest BCUT2D eigenvalue weighted by Crippen LogP contribution is 2.31. The monoisotopic (exact) mass is 463 g/mol. The lowest BCUT2D eigenvalue weighted by Gasteiger charge is -2.43. The predicted octanol–water partition coefficient (Wildman–Crippen LogP) is 2.87. The first kappa shape index (κ1) is 27.9. The average Bonchev–Trinajstić information content (AvgIpc) is 2.73. The van der Waals surface area contributed by atoms with E-state index < -0.39 is 41.1 Å². The molecule has 1 rings (SSSR count).